The van der Waals surface area contributed by atoms with E-state index in [-0.39, 0.29) is 5.91 Å². The van der Waals surface area contributed by atoms with E-state index in [1.165, 1.54) is 0 Å². The first-order valence-electron chi connectivity index (χ1n) is 8.45. The molecule has 5 heteroatoms. The van der Waals surface area contributed by atoms with Crippen LogP contribution in [0.15, 0.2) is 52.9 Å². The number of hydrogen-bond acceptors (Lipinski definition) is 4. The summed E-state index contributed by atoms with van der Waals surface area (Å²) in [5, 5.41) is 3.90. The van der Waals surface area contributed by atoms with Crippen molar-refractivity contribution in [2.24, 2.45) is 0 Å². The van der Waals surface area contributed by atoms with Crippen LogP contribution in [0.1, 0.15) is 16.1 Å². The Morgan fingerprint density at radius 1 is 1.04 bits per heavy atom. The van der Waals surface area contributed by atoms with Crippen LogP contribution in [0.25, 0.3) is 11.0 Å². The maximum Gasteiger partial charge on any atom is 0.259 e. The van der Waals surface area contributed by atoms with Crippen LogP contribution in [0.5, 0.6) is 0 Å². The fourth-order valence-corrected chi connectivity index (χ4v) is 3.29. The van der Waals surface area contributed by atoms with Crippen molar-refractivity contribution < 1.29 is 13.9 Å². The number of para-hydroxylation sites is 3. The number of ether oxygens (including phenoxy) is 1. The van der Waals surface area contributed by atoms with Crippen LogP contribution < -0.4 is 10.2 Å². The molecular formula is C20H20N2O3. The Hall–Kier alpha value is -2.79. The third-order valence-corrected chi connectivity index (χ3v) is 4.50. The number of furan rings is 1. The molecule has 1 fully saturated rings. The summed E-state index contributed by atoms with van der Waals surface area (Å²) in [6, 6.07) is 15.5. The number of benzene rings is 2. The second kappa shape index (κ2) is 6.61. The smallest absolute Gasteiger partial charge is 0.259 e. The summed E-state index contributed by atoms with van der Waals surface area (Å²) in [5.41, 5.74) is 3.14. The zero-order valence-corrected chi connectivity index (χ0v) is 14.1. The fraction of sp³-hybridized carbons (Fsp3) is 0.250. The summed E-state index contributed by atoms with van der Waals surface area (Å²) in [6.07, 6.45) is 0. The molecule has 128 valence electrons. The van der Waals surface area contributed by atoms with Gasteiger partial charge in [0.2, 0.25) is 0 Å². The standard InChI is InChI=1S/C20H20N2O3/c1-14-19(15-6-2-5-9-18(15)25-14)20(23)21-16-7-3-4-8-17(16)22-10-12-24-13-11-22/h2-9H,10-13H2,1H3,(H,21,23). The van der Waals surface area contributed by atoms with E-state index in [2.05, 4.69) is 10.2 Å². The summed E-state index contributed by atoms with van der Waals surface area (Å²) in [6.45, 7) is 4.87. The number of nitrogens with zero attached hydrogens (tertiary/aromatic N) is 1. The van der Waals surface area contributed by atoms with Crippen molar-refractivity contribution in [2.75, 3.05) is 36.5 Å². The van der Waals surface area contributed by atoms with Gasteiger partial charge in [0.05, 0.1) is 30.2 Å². The van der Waals surface area contributed by atoms with E-state index in [9.17, 15) is 4.79 Å². The van der Waals surface area contributed by atoms with Crippen LogP contribution >= 0.6 is 0 Å². The van der Waals surface area contributed by atoms with Crippen molar-refractivity contribution in [1.29, 1.82) is 0 Å². The largest absolute Gasteiger partial charge is 0.461 e. The Labute approximate surface area is 146 Å². The number of carbonyl (C=O) groups is 1. The predicted octanol–water partition coefficient (Wildman–Crippen LogP) is 3.83. The Balaban J connectivity index is 1.66. The van der Waals surface area contributed by atoms with E-state index >= 15 is 0 Å². The summed E-state index contributed by atoms with van der Waals surface area (Å²) in [5.74, 6) is 0.478. The first kappa shape index (κ1) is 15.7. The van der Waals surface area contributed by atoms with E-state index in [1.54, 1.807) is 0 Å². The number of amides is 1. The first-order valence-corrected chi connectivity index (χ1v) is 8.45. The molecule has 4 rings (SSSR count). The zero-order chi connectivity index (χ0) is 17.2. The monoisotopic (exact) mass is 336 g/mol. The maximum absolute atomic E-state index is 12.9. The van der Waals surface area contributed by atoms with E-state index in [0.29, 0.717) is 24.5 Å². The lowest BCUT2D eigenvalue weighted by atomic mass is 10.1. The van der Waals surface area contributed by atoms with Crippen LogP contribution in [-0.4, -0.2) is 32.2 Å². The molecule has 1 aromatic heterocycles. The fourth-order valence-electron chi connectivity index (χ4n) is 3.29. The number of aryl methyl sites for hydroxylation is 1. The average molecular weight is 336 g/mol. The van der Waals surface area contributed by atoms with Gasteiger partial charge < -0.3 is 19.4 Å². The van der Waals surface area contributed by atoms with Crippen LogP contribution in [-0.2, 0) is 4.74 Å². The van der Waals surface area contributed by atoms with E-state index < -0.39 is 0 Å². The highest BCUT2D eigenvalue weighted by Crippen LogP contribution is 2.29. The summed E-state index contributed by atoms with van der Waals surface area (Å²) >= 11 is 0. The van der Waals surface area contributed by atoms with Crippen LogP contribution in [0, 0.1) is 6.92 Å². The molecule has 1 aliphatic rings. The Kier molecular flexibility index (Phi) is 4.15. The minimum Gasteiger partial charge on any atom is -0.461 e. The highest BCUT2D eigenvalue weighted by molar-refractivity contribution is 6.14. The van der Waals surface area contributed by atoms with Crippen molar-refractivity contribution in [1.82, 2.24) is 0 Å². The lowest BCUT2D eigenvalue weighted by Gasteiger charge is -2.30. The quantitative estimate of drug-likeness (QED) is 0.790. The van der Waals surface area contributed by atoms with Crippen molar-refractivity contribution in [3.8, 4) is 0 Å². The topological polar surface area (TPSA) is 54.7 Å². The third-order valence-electron chi connectivity index (χ3n) is 4.50. The molecule has 25 heavy (non-hydrogen) atoms. The number of morpholine rings is 1. The summed E-state index contributed by atoms with van der Waals surface area (Å²) < 4.78 is 11.1. The molecule has 1 amide bonds. The second-order valence-electron chi connectivity index (χ2n) is 6.10. The predicted molar refractivity (Wildman–Crippen MR) is 98.4 cm³/mol. The number of fused-ring (bicyclic) bond motifs is 1. The van der Waals surface area contributed by atoms with E-state index in [1.807, 2.05) is 55.5 Å². The normalized spacial score (nSPS) is 14.7. The Bertz CT molecular complexity index is 910. The molecule has 1 saturated heterocycles. The minimum absolute atomic E-state index is 0.150. The van der Waals surface area contributed by atoms with Gasteiger partial charge in [0, 0.05) is 18.5 Å². The molecule has 0 bridgehead atoms. The molecule has 1 aliphatic heterocycles. The molecule has 0 radical (unpaired) electrons. The van der Waals surface area contributed by atoms with Gasteiger partial charge in [-0.2, -0.15) is 0 Å². The number of rotatable bonds is 3. The Morgan fingerprint density at radius 2 is 1.76 bits per heavy atom. The van der Waals surface area contributed by atoms with Crippen LogP contribution in [0.4, 0.5) is 11.4 Å². The number of nitrogens with one attached hydrogen (secondary N) is 1. The van der Waals surface area contributed by atoms with Gasteiger partial charge in [-0.3, -0.25) is 4.79 Å². The molecule has 0 aliphatic carbocycles. The summed E-state index contributed by atoms with van der Waals surface area (Å²) in [4.78, 5) is 15.2. The maximum atomic E-state index is 12.9. The second-order valence-corrected chi connectivity index (χ2v) is 6.10. The van der Waals surface area contributed by atoms with Gasteiger partial charge in [0.25, 0.3) is 5.91 Å². The van der Waals surface area contributed by atoms with Crippen molar-refractivity contribution >= 4 is 28.3 Å². The van der Waals surface area contributed by atoms with Gasteiger partial charge in [0.1, 0.15) is 11.3 Å². The highest BCUT2D eigenvalue weighted by atomic mass is 16.5. The third kappa shape index (κ3) is 2.98. The van der Waals surface area contributed by atoms with E-state index in [0.717, 1.165) is 35.4 Å². The molecule has 0 spiro atoms. The molecule has 2 heterocycles. The molecule has 0 atom stereocenters. The van der Waals surface area contributed by atoms with E-state index in [4.69, 9.17) is 9.15 Å². The van der Waals surface area contributed by atoms with Crippen molar-refractivity contribution in [2.45, 2.75) is 6.92 Å². The minimum atomic E-state index is -0.150. The van der Waals surface area contributed by atoms with Crippen LogP contribution in [0.2, 0.25) is 0 Å². The Morgan fingerprint density at radius 3 is 2.60 bits per heavy atom. The molecule has 5 nitrogen and oxygen atoms in total. The first-order chi connectivity index (χ1) is 12.2. The van der Waals surface area contributed by atoms with Crippen molar-refractivity contribution in [3.63, 3.8) is 0 Å². The lowest BCUT2D eigenvalue weighted by molar-refractivity contribution is 0.102. The molecule has 2 aromatic carbocycles. The molecule has 0 saturated carbocycles. The molecule has 3 aromatic rings. The number of carbonyl (C=O) groups excluding carboxylic acids is 1. The zero-order valence-electron chi connectivity index (χ0n) is 14.1. The van der Waals surface area contributed by atoms with Crippen LogP contribution in [0.3, 0.4) is 0 Å². The summed E-state index contributed by atoms with van der Waals surface area (Å²) in [7, 11) is 0. The van der Waals surface area contributed by atoms with Gasteiger partial charge >= 0.3 is 0 Å². The van der Waals surface area contributed by atoms with Gasteiger partial charge in [-0.1, -0.05) is 30.3 Å². The number of anilines is 2. The van der Waals surface area contributed by atoms with Gasteiger partial charge in [-0.25, -0.2) is 0 Å². The molecule has 0 unspecified atom stereocenters. The average Bonchev–Trinajstić information content (AvgIpc) is 2.98. The molecular weight excluding hydrogens is 316 g/mol. The van der Waals surface area contributed by atoms with Crippen molar-refractivity contribution in [3.05, 3.63) is 59.9 Å². The number of hydrogen-bond donors (Lipinski definition) is 1. The SMILES string of the molecule is Cc1oc2ccccc2c1C(=O)Nc1ccccc1N1CCOCC1. The molecule has 1 N–H and O–H groups in total. The van der Waals surface area contributed by atoms with Gasteiger partial charge in [-0.05, 0) is 25.1 Å². The highest BCUT2D eigenvalue weighted by Gasteiger charge is 2.20. The van der Waals surface area contributed by atoms with Gasteiger partial charge in [-0.15, -0.1) is 0 Å². The van der Waals surface area contributed by atoms with Gasteiger partial charge in [0.15, 0.2) is 0 Å². The lowest BCUT2D eigenvalue weighted by Crippen LogP contribution is -2.36.